The summed E-state index contributed by atoms with van der Waals surface area (Å²) in [5.74, 6) is 0.211. The number of aryl methyl sites for hydroxylation is 1. The molecule has 3 aromatic rings. The second kappa shape index (κ2) is 12.8. The van der Waals surface area contributed by atoms with Gasteiger partial charge in [-0.1, -0.05) is 41.4 Å². The van der Waals surface area contributed by atoms with Crippen molar-refractivity contribution in [3.05, 3.63) is 63.3 Å². The molecule has 37 heavy (non-hydrogen) atoms. The summed E-state index contributed by atoms with van der Waals surface area (Å²) in [6.07, 6.45) is 2.48. The Bertz CT molecular complexity index is 1250. The molecule has 8 nitrogen and oxygen atoms in total. The molecule has 1 aliphatic rings. The normalized spacial score (nSPS) is 15.1. The summed E-state index contributed by atoms with van der Waals surface area (Å²) >= 11 is 13.0. The minimum absolute atomic E-state index is 0.0896. The highest BCUT2D eigenvalue weighted by molar-refractivity contribution is 6.41. The van der Waals surface area contributed by atoms with Crippen molar-refractivity contribution in [2.24, 2.45) is 0 Å². The van der Waals surface area contributed by atoms with Gasteiger partial charge in [-0.2, -0.15) is 0 Å². The van der Waals surface area contributed by atoms with E-state index in [0.29, 0.717) is 32.0 Å². The van der Waals surface area contributed by atoms with Crippen LogP contribution in [0.15, 0.2) is 40.8 Å². The predicted octanol–water partition coefficient (Wildman–Crippen LogP) is 5.08. The lowest BCUT2D eigenvalue weighted by atomic mass is 9.90. The molecule has 0 fully saturated rings. The Hall–Kier alpha value is -2.62. The minimum atomic E-state index is -0.406. The van der Waals surface area contributed by atoms with Crippen molar-refractivity contribution >= 4 is 51.7 Å². The average Bonchev–Trinajstić information content (AvgIpc) is 3.27. The van der Waals surface area contributed by atoms with Crippen LogP contribution < -0.4 is 10.6 Å². The van der Waals surface area contributed by atoms with E-state index in [-0.39, 0.29) is 34.1 Å². The molecule has 1 heterocycles. The van der Waals surface area contributed by atoms with Crippen molar-refractivity contribution in [2.75, 3.05) is 52.4 Å². The van der Waals surface area contributed by atoms with Gasteiger partial charge in [-0.15, -0.1) is 0 Å². The van der Waals surface area contributed by atoms with Crippen molar-refractivity contribution in [1.82, 2.24) is 10.2 Å². The Morgan fingerprint density at radius 2 is 1.81 bits per heavy atom. The van der Waals surface area contributed by atoms with Gasteiger partial charge in [-0.05, 0) is 31.0 Å². The average molecular weight is 548 g/mol. The first-order valence-electron chi connectivity index (χ1n) is 12.2. The number of carbonyl (C=O) groups excluding carboxylic acids is 2. The highest BCUT2D eigenvalue weighted by Gasteiger charge is 2.29. The van der Waals surface area contributed by atoms with Crippen LogP contribution in [0, 0.1) is 0 Å². The van der Waals surface area contributed by atoms with Crippen LogP contribution in [-0.4, -0.2) is 63.8 Å². The van der Waals surface area contributed by atoms with Crippen molar-refractivity contribution in [1.29, 1.82) is 0 Å². The number of benzene rings is 2. The topological polar surface area (TPSA) is 93.0 Å². The lowest BCUT2D eigenvalue weighted by Crippen LogP contribution is -2.37. The minimum Gasteiger partial charge on any atom is -0.461 e. The largest absolute Gasteiger partial charge is 0.461 e. The fourth-order valence-corrected chi connectivity index (χ4v) is 5.22. The Balaban J connectivity index is 1.50. The molecule has 2 aromatic carbocycles. The lowest BCUT2D eigenvalue weighted by molar-refractivity contribution is -0.117. The molecular weight excluding hydrogens is 517 g/mol. The molecule has 198 valence electrons. The number of halogens is 2. The van der Waals surface area contributed by atoms with Gasteiger partial charge < -0.3 is 24.5 Å². The first-order valence-corrected chi connectivity index (χ1v) is 13.0. The highest BCUT2D eigenvalue weighted by Crippen LogP contribution is 2.39. The molecule has 0 radical (unpaired) electrons. The number of methoxy groups -OCH3 is 2. The van der Waals surface area contributed by atoms with Crippen molar-refractivity contribution < 1.29 is 23.5 Å². The number of para-hydroxylation sites is 1. The third kappa shape index (κ3) is 6.45. The van der Waals surface area contributed by atoms with E-state index in [2.05, 4.69) is 10.6 Å². The molecule has 0 spiro atoms. The van der Waals surface area contributed by atoms with E-state index in [0.717, 1.165) is 41.6 Å². The second-order valence-corrected chi connectivity index (χ2v) is 9.73. The van der Waals surface area contributed by atoms with Crippen LogP contribution in [0.3, 0.4) is 0 Å². The fraction of sp³-hybridized carbons (Fsp3) is 0.407. The number of nitrogens with zero attached hydrogens (tertiary/aromatic N) is 1. The Labute approximate surface area is 226 Å². The molecule has 0 aliphatic heterocycles. The van der Waals surface area contributed by atoms with Crippen molar-refractivity contribution in [3.63, 3.8) is 0 Å². The Morgan fingerprint density at radius 3 is 2.54 bits per heavy atom. The molecule has 2 N–H and O–H groups in total. The number of ether oxygens (including phenoxy) is 2. The second-order valence-electron chi connectivity index (χ2n) is 8.95. The van der Waals surface area contributed by atoms with Gasteiger partial charge in [0.1, 0.15) is 11.3 Å². The van der Waals surface area contributed by atoms with Crippen LogP contribution in [-0.2, 0) is 20.7 Å². The quantitative estimate of drug-likeness (QED) is 0.347. The molecule has 2 amide bonds. The maximum atomic E-state index is 13.4. The molecule has 0 saturated heterocycles. The van der Waals surface area contributed by atoms with Gasteiger partial charge in [0.2, 0.25) is 5.91 Å². The maximum Gasteiger partial charge on any atom is 0.254 e. The monoisotopic (exact) mass is 547 g/mol. The molecule has 1 atom stereocenters. The van der Waals surface area contributed by atoms with Gasteiger partial charge in [0, 0.05) is 44.7 Å². The van der Waals surface area contributed by atoms with Gasteiger partial charge in [-0.25, -0.2) is 0 Å². The highest BCUT2D eigenvalue weighted by atomic mass is 35.5. The molecule has 1 aromatic heterocycles. The molecular formula is C27H31Cl2N3O5. The van der Waals surface area contributed by atoms with Crippen molar-refractivity contribution in [3.8, 4) is 0 Å². The molecule has 1 unspecified atom stereocenters. The lowest BCUT2D eigenvalue weighted by Gasteiger charge is -2.24. The predicted molar refractivity (Wildman–Crippen MR) is 145 cm³/mol. The van der Waals surface area contributed by atoms with Gasteiger partial charge in [0.25, 0.3) is 5.91 Å². The zero-order chi connectivity index (χ0) is 26.4. The summed E-state index contributed by atoms with van der Waals surface area (Å²) in [5, 5.41) is 7.19. The van der Waals surface area contributed by atoms with E-state index >= 15 is 0 Å². The van der Waals surface area contributed by atoms with Gasteiger partial charge >= 0.3 is 0 Å². The maximum absolute atomic E-state index is 13.4. The van der Waals surface area contributed by atoms with Crippen LogP contribution in [0.4, 0.5) is 5.69 Å². The number of furan rings is 1. The van der Waals surface area contributed by atoms with Crippen LogP contribution in [0.5, 0.6) is 0 Å². The van der Waals surface area contributed by atoms with Gasteiger partial charge in [0.15, 0.2) is 0 Å². The zero-order valence-electron chi connectivity index (χ0n) is 20.9. The van der Waals surface area contributed by atoms with E-state index in [1.54, 1.807) is 26.4 Å². The summed E-state index contributed by atoms with van der Waals surface area (Å²) in [5.41, 5.74) is 2.24. The number of hydrogen-bond acceptors (Lipinski definition) is 6. The number of fused-ring (bicyclic) bond motifs is 3. The van der Waals surface area contributed by atoms with E-state index in [9.17, 15) is 9.59 Å². The SMILES string of the molecule is COCCN(CCOC)CC(=O)Nc1ccc(Cl)c(C(=O)NC2CCCc3oc4ccccc4c32)c1Cl. The molecule has 4 rings (SSSR count). The summed E-state index contributed by atoms with van der Waals surface area (Å²) in [4.78, 5) is 28.1. The van der Waals surface area contributed by atoms with Crippen LogP contribution in [0.2, 0.25) is 10.0 Å². The third-order valence-corrected chi connectivity index (χ3v) is 7.15. The summed E-state index contributed by atoms with van der Waals surface area (Å²) < 4.78 is 16.3. The van der Waals surface area contributed by atoms with Crippen LogP contribution in [0.1, 0.15) is 40.6 Å². The van der Waals surface area contributed by atoms with Gasteiger partial charge in [0.05, 0.1) is 47.1 Å². The first-order chi connectivity index (χ1) is 17.9. The number of rotatable bonds is 11. The molecule has 1 aliphatic carbocycles. The molecule has 0 saturated carbocycles. The number of nitrogens with one attached hydrogen (secondary N) is 2. The zero-order valence-corrected chi connectivity index (χ0v) is 22.5. The standard InChI is InChI=1S/C27H31Cl2N3O5/c1-35-14-12-32(13-15-36-2)16-23(33)30-20-11-10-18(28)25(26(20)29)27(34)31-19-7-5-9-22-24(19)17-6-3-4-8-21(17)37-22/h3-4,6,8,10-11,19H,5,7,9,12-16H2,1-2H3,(H,30,33)(H,31,34). The van der Waals surface area contributed by atoms with Crippen molar-refractivity contribution in [2.45, 2.75) is 25.3 Å². The molecule has 0 bridgehead atoms. The van der Waals surface area contributed by atoms with E-state index in [1.165, 1.54) is 0 Å². The Morgan fingerprint density at radius 1 is 1.08 bits per heavy atom. The smallest absolute Gasteiger partial charge is 0.254 e. The fourth-order valence-electron chi connectivity index (χ4n) is 4.63. The first kappa shape index (κ1) is 27.4. The summed E-state index contributed by atoms with van der Waals surface area (Å²) in [7, 11) is 3.22. The number of anilines is 1. The van der Waals surface area contributed by atoms with E-state index in [1.807, 2.05) is 29.2 Å². The van der Waals surface area contributed by atoms with Gasteiger partial charge in [-0.3, -0.25) is 14.5 Å². The number of carbonyl (C=O) groups is 2. The Kier molecular flexibility index (Phi) is 9.45. The third-order valence-electron chi connectivity index (χ3n) is 6.44. The summed E-state index contributed by atoms with van der Waals surface area (Å²) in [6, 6.07) is 10.7. The van der Waals surface area contributed by atoms with Crippen LogP contribution in [0.25, 0.3) is 11.0 Å². The van der Waals surface area contributed by atoms with E-state index in [4.69, 9.17) is 37.1 Å². The molecule has 10 heteroatoms. The van der Waals surface area contributed by atoms with E-state index < -0.39 is 5.91 Å². The number of amides is 2. The number of hydrogen-bond donors (Lipinski definition) is 2. The van der Waals surface area contributed by atoms with Crippen LogP contribution >= 0.6 is 23.2 Å². The summed E-state index contributed by atoms with van der Waals surface area (Å²) in [6.45, 7) is 2.23.